The first kappa shape index (κ1) is 24.1. The van der Waals surface area contributed by atoms with E-state index in [-0.39, 0.29) is 4.90 Å². The molecule has 33 heavy (non-hydrogen) atoms. The fraction of sp³-hybridized carbons (Fsp3) is 0.240. The van der Waals surface area contributed by atoms with Crippen molar-refractivity contribution < 1.29 is 22.7 Å². The summed E-state index contributed by atoms with van der Waals surface area (Å²) in [5.74, 6) is 0.388. The van der Waals surface area contributed by atoms with Gasteiger partial charge >= 0.3 is 0 Å². The lowest BCUT2D eigenvalue weighted by molar-refractivity contribution is -0.119. The second kappa shape index (κ2) is 10.4. The minimum atomic E-state index is -4.02. The molecule has 0 bridgehead atoms. The van der Waals surface area contributed by atoms with Crippen LogP contribution in [0.2, 0.25) is 0 Å². The molecule has 0 atom stereocenters. The maximum Gasteiger partial charge on any atom is 0.264 e. The molecular formula is C25H28N2O5S. The second-order valence-corrected chi connectivity index (χ2v) is 9.49. The summed E-state index contributed by atoms with van der Waals surface area (Å²) in [6.45, 7) is 3.75. The smallest absolute Gasteiger partial charge is 0.264 e. The Hall–Kier alpha value is -3.52. The van der Waals surface area contributed by atoms with Gasteiger partial charge in [0, 0.05) is 12.6 Å². The first-order valence-corrected chi connectivity index (χ1v) is 11.8. The Bertz CT molecular complexity index is 1220. The molecule has 3 aromatic carbocycles. The maximum atomic E-state index is 13.5. The van der Waals surface area contributed by atoms with Crippen LogP contribution < -0.4 is 19.1 Å². The molecule has 0 saturated carbocycles. The third-order valence-corrected chi connectivity index (χ3v) is 6.91. The summed E-state index contributed by atoms with van der Waals surface area (Å²) in [7, 11) is -1.06. The Balaban J connectivity index is 1.93. The van der Waals surface area contributed by atoms with E-state index in [1.807, 2.05) is 38.1 Å². The highest BCUT2D eigenvalue weighted by Gasteiger charge is 2.28. The molecule has 0 aliphatic heterocycles. The molecule has 3 aromatic rings. The average molecular weight is 469 g/mol. The molecule has 8 heteroatoms. The number of ether oxygens (including phenoxy) is 2. The van der Waals surface area contributed by atoms with Gasteiger partial charge in [0.15, 0.2) is 11.5 Å². The molecule has 0 radical (unpaired) electrons. The number of rotatable bonds is 9. The van der Waals surface area contributed by atoms with Gasteiger partial charge < -0.3 is 14.8 Å². The van der Waals surface area contributed by atoms with Crippen molar-refractivity contribution >= 4 is 21.6 Å². The monoisotopic (exact) mass is 468 g/mol. The normalized spacial score (nSPS) is 11.0. The van der Waals surface area contributed by atoms with Crippen molar-refractivity contribution in [3.63, 3.8) is 0 Å². The lowest BCUT2D eigenvalue weighted by Gasteiger charge is -2.25. The number of methoxy groups -OCH3 is 2. The molecule has 174 valence electrons. The number of carbonyl (C=O) groups excluding carboxylic acids is 1. The molecule has 0 fully saturated rings. The van der Waals surface area contributed by atoms with Crippen LogP contribution >= 0.6 is 0 Å². The molecular weight excluding hydrogens is 440 g/mol. The lowest BCUT2D eigenvalue weighted by atomic mass is 10.1. The predicted octanol–water partition coefficient (Wildman–Crippen LogP) is 3.83. The van der Waals surface area contributed by atoms with Crippen molar-refractivity contribution in [2.45, 2.75) is 25.3 Å². The van der Waals surface area contributed by atoms with Gasteiger partial charge in [-0.05, 0) is 43.7 Å². The third-order valence-electron chi connectivity index (χ3n) is 5.12. The van der Waals surface area contributed by atoms with Crippen molar-refractivity contribution in [2.24, 2.45) is 0 Å². The Kier molecular flexibility index (Phi) is 7.60. The number of hydrogen-bond acceptors (Lipinski definition) is 5. The maximum absolute atomic E-state index is 13.5. The topological polar surface area (TPSA) is 84.9 Å². The summed E-state index contributed by atoms with van der Waals surface area (Å²) in [5, 5.41) is 2.81. The molecule has 7 nitrogen and oxygen atoms in total. The molecule has 0 unspecified atom stereocenters. The lowest BCUT2D eigenvalue weighted by Crippen LogP contribution is -2.40. The van der Waals surface area contributed by atoms with E-state index in [9.17, 15) is 13.2 Å². The van der Waals surface area contributed by atoms with Crippen molar-refractivity contribution in [2.75, 3.05) is 25.1 Å². The van der Waals surface area contributed by atoms with Gasteiger partial charge in [0.05, 0.1) is 24.8 Å². The molecule has 0 saturated heterocycles. The Labute approximate surface area is 195 Å². The molecule has 0 aliphatic carbocycles. The van der Waals surface area contributed by atoms with Crippen LogP contribution in [0, 0.1) is 13.8 Å². The van der Waals surface area contributed by atoms with E-state index in [0.717, 1.165) is 21.0 Å². The van der Waals surface area contributed by atoms with Gasteiger partial charge in [0.1, 0.15) is 6.54 Å². The third kappa shape index (κ3) is 5.84. The van der Waals surface area contributed by atoms with Gasteiger partial charge in [-0.25, -0.2) is 8.42 Å². The van der Waals surface area contributed by atoms with Crippen molar-refractivity contribution in [3.8, 4) is 11.5 Å². The van der Waals surface area contributed by atoms with Gasteiger partial charge in [-0.2, -0.15) is 0 Å². The summed E-state index contributed by atoms with van der Waals surface area (Å²) in [6, 6.07) is 19.0. The molecule has 1 amide bonds. The summed E-state index contributed by atoms with van der Waals surface area (Å²) in [6.07, 6.45) is 0. The first-order valence-electron chi connectivity index (χ1n) is 10.4. The number of benzene rings is 3. The zero-order valence-electron chi connectivity index (χ0n) is 19.2. The predicted molar refractivity (Wildman–Crippen MR) is 128 cm³/mol. The fourth-order valence-corrected chi connectivity index (χ4v) is 4.75. The summed E-state index contributed by atoms with van der Waals surface area (Å²) in [5.41, 5.74) is 3.24. The van der Waals surface area contributed by atoms with E-state index in [2.05, 4.69) is 5.32 Å². The zero-order valence-corrected chi connectivity index (χ0v) is 20.0. The van der Waals surface area contributed by atoms with Gasteiger partial charge in [0.2, 0.25) is 5.91 Å². The van der Waals surface area contributed by atoms with Crippen molar-refractivity contribution in [3.05, 3.63) is 83.4 Å². The van der Waals surface area contributed by atoms with Gasteiger partial charge in [-0.1, -0.05) is 47.5 Å². The molecule has 0 heterocycles. The molecule has 1 N–H and O–H groups in total. The van der Waals surface area contributed by atoms with E-state index in [0.29, 0.717) is 23.7 Å². The molecule has 3 rings (SSSR count). The summed E-state index contributed by atoms with van der Waals surface area (Å²) in [4.78, 5) is 12.9. The Morgan fingerprint density at radius 2 is 1.58 bits per heavy atom. The zero-order chi connectivity index (χ0) is 24.0. The van der Waals surface area contributed by atoms with E-state index < -0.39 is 22.5 Å². The molecule has 0 aliphatic rings. The number of sulfonamides is 1. The molecule has 0 spiro atoms. The van der Waals surface area contributed by atoms with Crippen molar-refractivity contribution in [1.82, 2.24) is 5.32 Å². The highest BCUT2D eigenvalue weighted by atomic mass is 32.2. The second-order valence-electron chi connectivity index (χ2n) is 7.63. The average Bonchev–Trinajstić information content (AvgIpc) is 2.81. The first-order chi connectivity index (χ1) is 15.7. The number of amides is 1. The molecule has 0 aromatic heterocycles. The Morgan fingerprint density at radius 1 is 0.879 bits per heavy atom. The van der Waals surface area contributed by atoms with Crippen LogP contribution in [0.25, 0.3) is 0 Å². The highest BCUT2D eigenvalue weighted by molar-refractivity contribution is 7.92. The van der Waals surface area contributed by atoms with Crippen LogP contribution in [0.4, 0.5) is 5.69 Å². The van der Waals surface area contributed by atoms with Crippen LogP contribution in [0.5, 0.6) is 11.5 Å². The van der Waals surface area contributed by atoms with E-state index >= 15 is 0 Å². The van der Waals surface area contributed by atoms with Crippen LogP contribution in [-0.2, 0) is 21.4 Å². The number of nitrogens with one attached hydrogen (secondary N) is 1. The van der Waals surface area contributed by atoms with Crippen LogP contribution in [0.3, 0.4) is 0 Å². The van der Waals surface area contributed by atoms with E-state index in [4.69, 9.17) is 9.47 Å². The highest BCUT2D eigenvalue weighted by Crippen LogP contribution is 2.33. The number of nitrogens with zero attached hydrogens (tertiary/aromatic N) is 1. The standard InChI is InChI=1S/C25H28N2O5S/c1-18-8-11-22(12-9-18)33(29,30)27(21-10-13-23(31-3)24(15-21)32-4)17-25(28)26-16-20-7-5-6-19(2)14-20/h5-15H,16-17H2,1-4H3,(H,26,28). The van der Waals surface area contributed by atoms with Crippen LogP contribution in [-0.4, -0.2) is 35.1 Å². The number of aryl methyl sites for hydroxylation is 2. The SMILES string of the molecule is COc1ccc(N(CC(=O)NCc2cccc(C)c2)S(=O)(=O)c2ccc(C)cc2)cc1OC. The van der Waals surface area contributed by atoms with Gasteiger partial charge in [-0.3, -0.25) is 9.10 Å². The summed E-state index contributed by atoms with van der Waals surface area (Å²) >= 11 is 0. The number of anilines is 1. The summed E-state index contributed by atoms with van der Waals surface area (Å²) < 4.78 is 38.7. The van der Waals surface area contributed by atoms with E-state index in [1.165, 1.54) is 26.4 Å². The van der Waals surface area contributed by atoms with Crippen molar-refractivity contribution in [1.29, 1.82) is 0 Å². The minimum absolute atomic E-state index is 0.0920. The van der Waals surface area contributed by atoms with Crippen LogP contribution in [0.15, 0.2) is 71.6 Å². The number of hydrogen-bond donors (Lipinski definition) is 1. The number of carbonyl (C=O) groups is 1. The quantitative estimate of drug-likeness (QED) is 0.516. The van der Waals surface area contributed by atoms with Crippen LogP contribution in [0.1, 0.15) is 16.7 Å². The minimum Gasteiger partial charge on any atom is -0.493 e. The largest absolute Gasteiger partial charge is 0.493 e. The fourth-order valence-electron chi connectivity index (χ4n) is 3.34. The van der Waals surface area contributed by atoms with Gasteiger partial charge in [-0.15, -0.1) is 0 Å². The Morgan fingerprint density at radius 3 is 2.21 bits per heavy atom. The van der Waals surface area contributed by atoms with E-state index in [1.54, 1.807) is 30.3 Å². The van der Waals surface area contributed by atoms with Gasteiger partial charge in [0.25, 0.3) is 10.0 Å².